The van der Waals surface area contributed by atoms with Crippen molar-refractivity contribution in [3.63, 3.8) is 0 Å². The number of alkyl halides is 8. The minimum Gasteiger partial charge on any atom is -0.220 e. The van der Waals surface area contributed by atoms with Crippen LogP contribution in [0.1, 0.15) is 5.56 Å². The van der Waals surface area contributed by atoms with Crippen LogP contribution in [0, 0.1) is 18.3 Å². The maximum absolute atomic E-state index is 12.2. The smallest absolute Gasteiger partial charge is 0.220 e. The third-order valence-corrected chi connectivity index (χ3v) is 19.0. The highest BCUT2D eigenvalue weighted by Crippen LogP contribution is 2.46. The molecule has 2 rings (SSSR count). The summed E-state index contributed by atoms with van der Waals surface area (Å²) in [5.41, 5.74) is 0.824. The lowest BCUT2D eigenvalue weighted by Gasteiger charge is -2.16. The van der Waals surface area contributed by atoms with E-state index in [1.54, 1.807) is 25.1 Å². The van der Waals surface area contributed by atoms with Gasteiger partial charge in [0.25, 0.3) is 2.57 Å². The lowest BCUT2D eigenvalue weighted by Crippen LogP contribution is -2.23. The van der Waals surface area contributed by atoms with Gasteiger partial charge in [0.15, 0.2) is 0 Å². The van der Waals surface area contributed by atoms with Gasteiger partial charge in [-0.2, -0.15) is 5.26 Å². The average Bonchev–Trinajstić information content (AvgIpc) is 2.72. The van der Waals surface area contributed by atoms with Crippen molar-refractivity contribution in [3.05, 3.63) is 54.1 Å². The molecule has 0 fully saturated rings. The molecule has 0 saturated heterocycles. The van der Waals surface area contributed by atoms with E-state index in [9.17, 15) is 25.3 Å². The van der Waals surface area contributed by atoms with Crippen LogP contribution in [-0.4, -0.2) is 30.8 Å². The summed E-state index contributed by atoms with van der Waals surface area (Å²) in [5, 5.41) is 8.74. The van der Waals surface area contributed by atoms with Crippen molar-refractivity contribution < 1.29 is 25.3 Å². The number of sulfone groups is 3. The van der Waals surface area contributed by atoms with Crippen LogP contribution in [0.25, 0.3) is 0 Å². The molecule has 0 amide bonds. The van der Waals surface area contributed by atoms with E-state index in [1.807, 2.05) is 0 Å². The summed E-state index contributed by atoms with van der Waals surface area (Å²) in [5.74, 6) is 0. The fourth-order valence-corrected chi connectivity index (χ4v) is 9.26. The summed E-state index contributed by atoms with van der Waals surface area (Å²) in [7, 11) is -11.5. The predicted octanol–water partition coefficient (Wildman–Crippen LogP) is 7.56. The Balaban J connectivity index is 0.000000365. The number of hydrogen-bond acceptors (Lipinski definition) is 7. The van der Waals surface area contributed by atoms with E-state index in [1.165, 1.54) is 30.3 Å². The number of rotatable bonds is 4. The highest BCUT2D eigenvalue weighted by Gasteiger charge is 2.41. The molecule has 0 saturated carbocycles. The van der Waals surface area contributed by atoms with Gasteiger partial charge in [0.2, 0.25) is 32.5 Å². The number of benzene rings is 2. The Morgan fingerprint density at radius 2 is 0.971 bits per heavy atom. The Morgan fingerprint density at radius 3 is 1.29 bits per heavy atom. The lowest BCUT2D eigenvalue weighted by atomic mass is 10.2. The molecule has 0 aliphatic rings. The van der Waals surface area contributed by atoms with Gasteiger partial charge in [0.05, 0.1) is 14.7 Å². The molecule has 194 valence electrons. The molecule has 0 aliphatic heterocycles. The molecule has 0 aliphatic carbocycles. The minimum atomic E-state index is -3.87. The fourth-order valence-electron chi connectivity index (χ4n) is 2.07. The molecule has 0 heterocycles. The molecule has 0 spiro atoms. The molecule has 0 N–H and O–H groups in total. The number of halogens is 8. The van der Waals surface area contributed by atoms with Crippen LogP contribution in [0.3, 0.4) is 0 Å². The van der Waals surface area contributed by atoms with E-state index in [0.29, 0.717) is 0 Å². The number of nitrogens with zero attached hydrogens (tertiary/aromatic N) is 1. The molecule has 7 nitrogen and oxygen atoms in total. The molecular weight excluding hydrogens is 1050 g/mol. The molecule has 0 bridgehead atoms. The van der Waals surface area contributed by atoms with Gasteiger partial charge in [-0.1, -0.05) is 18.2 Å². The molecule has 35 heavy (non-hydrogen) atoms. The van der Waals surface area contributed by atoms with Gasteiger partial charge < -0.3 is 0 Å². The van der Waals surface area contributed by atoms with Crippen LogP contribution in [0.5, 0.6) is 0 Å². The summed E-state index contributed by atoms with van der Waals surface area (Å²) < 4.78 is 67.8. The van der Waals surface area contributed by atoms with Crippen molar-refractivity contribution in [2.75, 3.05) is 0 Å². The van der Waals surface area contributed by atoms with Gasteiger partial charge in [0.1, 0.15) is 6.07 Å². The van der Waals surface area contributed by atoms with Crippen molar-refractivity contribution in [1.29, 1.82) is 5.26 Å². The van der Waals surface area contributed by atoms with E-state index >= 15 is 0 Å². The monoisotopic (exact) mass is 1050 g/mol. The summed E-state index contributed by atoms with van der Waals surface area (Å²) in [6.07, 6.45) is 0. The number of aryl methyl sites for hydroxylation is 1. The summed E-state index contributed by atoms with van der Waals surface area (Å²) in [6.45, 7) is 1.79. The quantitative estimate of drug-likeness (QED) is 0.290. The molecule has 0 atom stereocenters. The number of hydrogen-bond donors (Lipinski definition) is 0. The molecule has 0 radical (unpaired) electrons. The third kappa shape index (κ3) is 8.31. The van der Waals surface area contributed by atoms with Crippen LogP contribution in [0.15, 0.2) is 63.2 Å². The van der Waals surface area contributed by atoms with Crippen LogP contribution in [0.2, 0.25) is 0 Å². The first kappa shape index (κ1) is 34.6. The van der Waals surface area contributed by atoms with Gasteiger partial charge in [-0.15, -0.1) is 0 Å². The second-order valence-electron chi connectivity index (χ2n) is 6.32. The van der Waals surface area contributed by atoms with E-state index in [2.05, 4.69) is 127 Å². The van der Waals surface area contributed by atoms with Gasteiger partial charge in [-0.25, -0.2) is 25.3 Å². The van der Waals surface area contributed by atoms with Crippen LogP contribution in [0.4, 0.5) is 0 Å². The van der Waals surface area contributed by atoms with E-state index in [0.717, 1.165) is 11.6 Å². The first-order chi connectivity index (χ1) is 15.5. The van der Waals surface area contributed by atoms with Gasteiger partial charge >= 0.3 is 0 Å². The first-order valence-electron chi connectivity index (χ1n) is 8.35. The Labute approximate surface area is 271 Å². The zero-order valence-corrected chi connectivity index (χ0v) is 31.9. The minimum absolute atomic E-state index is 0.109. The van der Waals surface area contributed by atoms with E-state index < -0.39 is 35.0 Å². The van der Waals surface area contributed by atoms with Gasteiger partial charge in [-0.05, 0) is 170 Å². The fraction of sp³-hybridized carbons (Fsp3) is 0.235. The topological polar surface area (TPSA) is 126 Å². The largest absolute Gasteiger partial charge is 0.270 e. The molecule has 2 aromatic carbocycles. The first-order valence-corrected chi connectivity index (χ1v) is 19.1. The molecule has 0 aromatic heterocycles. The van der Waals surface area contributed by atoms with Crippen molar-refractivity contribution >= 4 is 157 Å². The van der Waals surface area contributed by atoms with Crippen LogP contribution >= 0.6 is 127 Å². The highest BCUT2D eigenvalue weighted by atomic mass is 80.0. The highest BCUT2D eigenvalue weighted by molar-refractivity contribution is 9.42. The Morgan fingerprint density at radius 1 is 0.629 bits per heavy atom. The zero-order chi connectivity index (χ0) is 27.7. The lowest BCUT2D eigenvalue weighted by molar-refractivity contribution is 0.594. The average molecular weight is 1060 g/mol. The Bertz CT molecular complexity index is 1400. The Hall–Kier alpha value is 1.62. The van der Waals surface area contributed by atoms with Crippen molar-refractivity contribution in [2.45, 2.75) is 27.1 Å². The molecule has 18 heteroatoms. The summed E-state index contributed by atoms with van der Waals surface area (Å²) in [4.78, 5) is -0.222. The second-order valence-corrected chi connectivity index (χ2v) is 33.8. The van der Waals surface area contributed by atoms with Crippen LogP contribution < -0.4 is 0 Å². The summed E-state index contributed by atoms with van der Waals surface area (Å²) >= 11 is 23.2. The predicted molar refractivity (Wildman–Crippen MR) is 164 cm³/mol. The third-order valence-electron chi connectivity index (χ3n) is 3.80. The number of nitriles is 1. The summed E-state index contributed by atoms with van der Waals surface area (Å²) in [6, 6.07) is 13.0. The maximum Gasteiger partial charge on any atom is 0.270 e. The molecule has 0 unspecified atom stereocenters. The van der Waals surface area contributed by atoms with Crippen molar-refractivity contribution in [1.82, 2.24) is 0 Å². The maximum atomic E-state index is 12.2. The second kappa shape index (κ2) is 12.4. The SMILES string of the molecule is Cc1cccc(S(=O)(=O)C(Br)(Br)C#N)c1.O=S(=O)(c1cccc(S(=O)(=O)C(Br)(Br)Br)c1)C(Br)(Br)Br. The van der Waals surface area contributed by atoms with Gasteiger partial charge in [0, 0.05) is 0 Å². The van der Waals surface area contributed by atoms with Gasteiger partial charge in [-0.3, -0.25) is 0 Å². The van der Waals surface area contributed by atoms with Crippen molar-refractivity contribution in [3.8, 4) is 6.07 Å². The van der Waals surface area contributed by atoms with E-state index in [-0.39, 0.29) is 14.7 Å². The van der Waals surface area contributed by atoms with Crippen molar-refractivity contribution in [2.24, 2.45) is 0 Å². The Kier molecular flexibility index (Phi) is 12.3. The molecule has 2 aromatic rings. The van der Waals surface area contributed by atoms with E-state index in [4.69, 9.17) is 5.26 Å². The van der Waals surface area contributed by atoms with Crippen LogP contribution in [-0.2, 0) is 29.5 Å². The molecular formula is C17H11Br8NO6S3. The standard InChI is InChI=1S/C9H7Br2NO2S.C8H4Br6O4S2/c1-7-3-2-4-8(5-7)15(13,14)9(10,11)6-12;9-7(10,11)19(15,16)5-2-1-3-6(4-5)20(17,18)8(12,13)14/h2-5H,1H3;1-4H. The normalized spacial score (nSPS) is 13.4. The zero-order valence-electron chi connectivity index (χ0n) is 16.8.